The highest BCUT2D eigenvalue weighted by Gasteiger charge is 2.05. The quantitative estimate of drug-likeness (QED) is 0.653. The highest BCUT2D eigenvalue weighted by atomic mass is 35.5. The van der Waals surface area contributed by atoms with Crippen molar-refractivity contribution in [1.29, 1.82) is 0 Å². The van der Waals surface area contributed by atoms with E-state index in [1.165, 1.54) is 11.5 Å². The lowest BCUT2D eigenvalue weighted by atomic mass is 10.1. The Labute approximate surface area is 144 Å². The van der Waals surface area contributed by atoms with Crippen LogP contribution in [0.3, 0.4) is 0 Å². The summed E-state index contributed by atoms with van der Waals surface area (Å²) in [6.07, 6.45) is 2.56. The molecule has 3 aromatic rings. The molecule has 1 N–H and O–H groups in total. The van der Waals surface area contributed by atoms with E-state index in [1.807, 2.05) is 24.3 Å². The maximum absolute atomic E-state index is 10.5. The van der Waals surface area contributed by atoms with Gasteiger partial charge < -0.3 is 9.84 Å². The number of rotatable bonds is 5. The molecule has 0 bridgehead atoms. The van der Waals surface area contributed by atoms with Crippen molar-refractivity contribution in [2.24, 2.45) is 0 Å². The van der Waals surface area contributed by atoms with Crippen LogP contribution in [0.2, 0.25) is 5.02 Å². The molecule has 3 aromatic carbocycles. The van der Waals surface area contributed by atoms with Gasteiger partial charge in [0.2, 0.25) is 0 Å². The molecular formula is C20H15ClO3. The van der Waals surface area contributed by atoms with E-state index in [1.54, 1.807) is 18.2 Å². The Balaban J connectivity index is 1.78. The molecule has 0 saturated heterocycles. The van der Waals surface area contributed by atoms with Crippen molar-refractivity contribution in [3.8, 4) is 5.75 Å². The molecular weight excluding hydrogens is 324 g/mol. The summed E-state index contributed by atoms with van der Waals surface area (Å²) >= 11 is 6.22. The number of benzene rings is 3. The number of hydrogen-bond donors (Lipinski definition) is 1. The zero-order valence-corrected chi connectivity index (χ0v) is 13.5. The van der Waals surface area contributed by atoms with Gasteiger partial charge in [-0.2, -0.15) is 0 Å². The van der Waals surface area contributed by atoms with Crippen LogP contribution >= 0.6 is 11.6 Å². The fraction of sp³-hybridized carbons (Fsp3) is 0.0500. The molecule has 24 heavy (non-hydrogen) atoms. The van der Waals surface area contributed by atoms with Gasteiger partial charge in [-0.05, 0) is 40.1 Å². The SMILES string of the molecule is O=C(O)/C=C/c1ccc(OCc2cccc3ccccc23)c(Cl)c1. The van der Waals surface area contributed by atoms with Crippen molar-refractivity contribution in [3.63, 3.8) is 0 Å². The zero-order chi connectivity index (χ0) is 16.9. The number of ether oxygens (including phenoxy) is 1. The first-order valence-electron chi connectivity index (χ1n) is 7.43. The molecule has 0 aliphatic rings. The van der Waals surface area contributed by atoms with E-state index in [2.05, 4.69) is 18.2 Å². The summed E-state index contributed by atoms with van der Waals surface area (Å²) in [5.41, 5.74) is 1.79. The molecule has 4 heteroatoms. The van der Waals surface area contributed by atoms with Crippen LogP contribution in [0.4, 0.5) is 0 Å². The second kappa shape index (κ2) is 7.20. The van der Waals surface area contributed by atoms with Gasteiger partial charge in [0.15, 0.2) is 0 Å². The molecule has 0 fully saturated rings. The standard InChI is InChI=1S/C20H15ClO3/c21-18-12-14(9-11-20(22)23)8-10-19(18)24-13-16-6-3-5-15-4-1-2-7-17(15)16/h1-12H,13H2,(H,22,23)/b11-9+. The average Bonchev–Trinajstić information content (AvgIpc) is 2.59. The Kier molecular flexibility index (Phi) is 4.82. The van der Waals surface area contributed by atoms with E-state index in [4.69, 9.17) is 21.4 Å². The molecule has 0 spiro atoms. The van der Waals surface area contributed by atoms with Crippen molar-refractivity contribution in [2.45, 2.75) is 6.61 Å². The molecule has 0 aromatic heterocycles. The van der Waals surface area contributed by atoms with E-state index in [0.717, 1.165) is 17.0 Å². The van der Waals surface area contributed by atoms with Crippen LogP contribution in [-0.2, 0) is 11.4 Å². The van der Waals surface area contributed by atoms with Crippen LogP contribution in [0, 0.1) is 0 Å². The zero-order valence-electron chi connectivity index (χ0n) is 12.8. The second-order valence-electron chi connectivity index (χ2n) is 5.29. The number of carboxylic acid groups (broad SMARTS) is 1. The van der Waals surface area contributed by atoms with E-state index in [0.29, 0.717) is 22.9 Å². The van der Waals surface area contributed by atoms with Crippen LogP contribution in [0.5, 0.6) is 5.75 Å². The van der Waals surface area contributed by atoms with Crippen LogP contribution in [0.25, 0.3) is 16.8 Å². The Bertz CT molecular complexity index is 910. The molecule has 0 radical (unpaired) electrons. The monoisotopic (exact) mass is 338 g/mol. The smallest absolute Gasteiger partial charge is 0.328 e. The summed E-state index contributed by atoms with van der Waals surface area (Å²) in [6.45, 7) is 0.408. The van der Waals surface area contributed by atoms with Crippen LogP contribution in [0.1, 0.15) is 11.1 Å². The summed E-state index contributed by atoms with van der Waals surface area (Å²) in [5.74, 6) is -0.431. The van der Waals surface area contributed by atoms with Crippen molar-refractivity contribution in [2.75, 3.05) is 0 Å². The van der Waals surface area contributed by atoms with Gasteiger partial charge in [0.1, 0.15) is 12.4 Å². The Morgan fingerprint density at radius 1 is 1.08 bits per heavy atom. The number of halogens is 1. The minimum absolute atomic E-state index is 0.408. The van der Waals surface area contributed by atoms with Gasteiger partial charge in [0.25, 0.3) is 0 Å². The topological polar surface area (TPSA) is 46.5 Å². The lowest BCUT2D eigenvalue weighted by Gasteiger charge is -2.11. The summed E-state index contributed by atoms with van der Waals surface area (Å²) in [4.78, 5) is 10.5. The largest absolute Gasteiger partial charge is 0.487 e. The molecule has 0 unspecified atom stereocenters. The van der Waals surface area contributed by atoms with Crippen LogP contribution in [-0.4, -0.2) is 11.1 Å². The Morgan fingerprint density at radius 3 is 2.67 bits per heavy atom. The van der Waals surface area contributed by atoms with E-state index >= 15 is 0 Å². The normalized spacial score (nSPS) is 11.0. The lowest BCUT2D eigenvalue weighted by Crippen LogP contribution is -1.97. The maximum atomic E-state index is 10.5. The third-order valence-electron chi connectivity index (χ3n) is 3.64. The third-order valence-corrected chi connectivity index (χ3v) is 3.93. The van der Waals surface area contributed by atoms with Gasteiger partial charge in [-0.25, -0.2) is 4.79 Å². The Morgan fingerprint density at radius 2 is 1.88 bits per heavy atom. The van der Waals surface area contributed by atoms with Crippen LogP contribution < -0.4 is 4.74 Å². The number of fused-ring (bicyclic) bond motifs is 1. The molecule has 120 valence electrons. The molecule has 0 saturated carbocycles. The first-order chi connectivity index (χ1) is 11.6. The van der Waals surface area contributed by atoms with Gasteiger partial charge in [0, 0.05) is 6.08 Å². The summed E-state index contributed by atoms with van der Waals surface area (Å²) in [5, 5.41) is 11.4. The van der Waals surface area contributed by atoms with Crippen molar-refractivity contribution in [3.05, 3.63) is 82.9 Å². The first-order valence-corrected chi connectivity index (χ1v) is 7.81. The predicted molar refractivity (Wildman–Crippen MR) is 96.4 cm³/mol. The first kappa shape index (κ1) is 16.1. The molecule has 0 atom stereocenters. The maximum Gasteiger partial charge on any atom is 0.328 e. The molecule has 0 aliphatic heterocycles. The number of carbonyl (C=O) groups is 1. The summed E-state index contributed by atoms with van der Waals surface area (Å²) in [7, 11) is 0. The molecule has 3 nitrogen and oxygen atoms in total. The van der Waals surface area contributed by atoms with Gasteiger partial charge in [-0.3, -0.25) is 0 Å². The predicted octanol–water partition coefficient (Wildman–Crippen LogP) is 5.17. The van der Waals surface area contributed by atoms with Gasteiger partial charge in [-0.1, -0.05) is 60.1 Å². The highest BCUT2D eigenvalue weighted by Crippen LogP contribution is 2.28. The van der Waals surface area contributed by atoms with Crippen molar-refractivity contribution >= 4 is 34.4 Å². The molecule has 3 rings (SSSR count). The number of carboxylic acids is 1. The Hall–Kier alpha value is -2.78. The highest BCUT2D eigenvalue weighted by molar-refractivity contribution is 6.32. The van der Waals surface area contributed by atoms with Gasteiger partial charge in [0.05, 0.1) is 5.02 Å². The van der Waals surface area contributed by atoms with E-state index in [-0.39, 0.29) is 0 Å². The average molecular weight is 339 g/mol. The molecule has 0 aliphatic carbocycles. The fourth-order valence-electron chi connectivity index (χ4n) is 2.48. The fourth-order valence-corrected chi connectivity index (χ4v) is 2.72. The molecule has 0 heterocycles. The van der Waals surface area contributed by atoms with Gasteiger partial charge >= 0.3 is 5.97 Å². The summed E-state index contributed by atoms with van der Waals surface area (Å²) in [6, 6.07) is 19.4. The van der Waals surface area contributed by atoms with Gasteiger partial charge in [-0.15, -0.1) is 0 Å². The van der Waals surface area contributed by atoms with E-state index in [9.17, 15) is 4.79 Å². The van der Waals surface area contributed by atoms with Crippen LogP contribution in [0.15, 0.2) is 66.7 Å². The third kappa shape index (κ3) is 3.76. The molecule has 0 amide bonds. The minimum atomic E-state index is -0.998. The lowest BCUT2D eigenvalue weighted by molar-refractivity contribution is -0.131. The number of hydrogen-bond acceptors (Lipinski definition) is 2. The number of aliphatic carboxylic acids is 1. The van der Waals surface area contributed by atoms with E-state index < -0.39 is 5.97 Å². The summed E-state index contributed by atoms with van der Waals surface area (Å²) < 4.78 is 5.84. The van der Waals surface area contributed by atoms with Crippen molar-refractivity contribution in [1.82, 2.24) is 0 Å². The minimum Gasteiger partial charge on any atom is -0.487 e. The second-order valence-corrected chi connectivity index (χ2v) is 5.70. The van der Waals surface area contributed by atoms with Crippen molar-refractivity contribution < 1.29 is 14.6 Å².